The Morgan fingerprint density at radius 2 is 0.871 bits per heavy atom. The molecule has 6 nitrogen and oxygen atoms in total. The molecule has 0 aliphatic rings. The highest BCUT2D eigenvalue weighted by Gasteiger charge is 2.24. The van der Waals surface area contributed by atoms with Crippen molar-refractivity contribution in [1.29, 1.82) is 0 Å². The van der Waals surface area contributed by atoms with Crippen molar-refractivity contribution < 1.29 is 24.5 Å². The zero-order valence-electron chi connectivity index (χ0n) is 41.3. The molecule has 0 aromatic heterocycles. The van der Waals surface area contributed by atoms with E-state index in [9.17, 15) is 19.8 Å². The Kier molecular flexibility index (Phi) is 48.1. The zero-order chi connectivity index (χ0) is 45.2. The van der Waals surface area contributed by atoms with Crippen LogP contribution in [-0.4, -0.2) is 46.9 Å². The van der Waals surface area contributed by atoms with Crippen molar-refractivity contribution in [3.05, 3.63) is 48.6 Å². The van der Waals surface area contributed by atoms with Gasteiger partial charge in [-0.3, -0.25) is 9.59 Å². The second-order valence-electron chi connectivity index (χ2n) is 18.2. The number of carbonyl (C=O) groups is 2. The topological polar surface area (TPSA) is 95.9 Å². The molecule has 0 saturated carbocycles. The summed E-state index contributed by atoms with van der Waals surface area (Å²) < 4.78 is 5.93. The molecule has 0 rings (SSSR count). The summed E-state index contributed by atoms with van der Waals surface area (Å²) in [6.07, 6.45) is 60.2. The molecule has 0 bridgehead atoms. The smallest absolute Gasteiger partial charge is 0.306 e. The summed E-state index contributed by atoms with van der Waals surface area (Å²) in [4.78, 5) is 26.2. The predicted molar refractivity (Wildman–Crippen MR) is 269 cm³/mol. The van der Waals surface area contributed by atoms with Crippen LogP contribution in [0.2, 0.25) is 0 Å². The van der Waals surface area contributed by atoms with Crippen LogP contribution in [0.5, 0.6) is 0 Å². The number of hydrogen-bond acceptors (Lipinski definition) is 5. The number of esters is 1. The highest BCUT2D eigenvalue weighted by molar-refractivity contribution is 5.77. The average molecular weight is 870 g/mol. The molecule has 1 amide bonds. The molecular weight excluding hydrogens is 767 g/mol. The predicted octanol–water partition coefficient (Wildman–Crippen LogP) is 16.2. The van der Waals surface area contributed by atoms with Crippen LogP contribution < -0.4 is 5.32 Å². The Hall–Kier alpha value is -2.18. The van der Waals surface area contributed by atoms with E-state index in [2.05, 4.69) is 74.7 Å². The van der Waals surface area contributed by atoms with Gasteiger partial charge in [0.25, 0.3) is 0 Å². The summed E-state index contributed by atoms with van der Waals surface area (Å²) >= 11 is 0. The normalized spacial score (nSPS) is 13.6. The molecule has 3 unspecified atom stereocenters. The molecule has 0 fully saturated rings. The number of rotatable bonds is 48. The van der Waals surface area contributed by atoms with E-state index in [-0.39, 0.29) is 24.9 Å². The summed E-state index contributed by atoms with van der Waals surface area (Å²) in [5.41, 5.74) is 0. The number of aliphatic hydroxyl groups is 2. The quantitative estimate of drug-likeness (QED) is 0.0322. The second-order valence-corrected chi connectivity index (χ2v) is 18.2. The van der Waals surface area contributed by atoms with Crippen molar-refractivity contribution in [3.63, 3.8) is 0 Å². The molecule has 0 aliphatic heterocycles. The van der Waals surface area contributed by atoms with Gasteiger partial charge < -0.3 is 20.3 Å². The first-order chi connectivity index (χ1) is 30.5. The molecule has 0 spiro atoms. The standard InChI is InChI=1S/C56H103NO5/c1-4-7-10-13-16-19-22-25-28-29-32-35-38-41-44-47-52(62-56(61)49-46-43-40-37-34-31-27-24-21-18-15-12-9-6-3)50-55(60)57-53(51-58)54(59)48-45-42-39-36-33-30-26-23-20-17-14-11-8-5-2/h9,12,18,21,25,27-28,31,52-54,58-59H,4-8,10-11,13-17,19-20,22-24,26,29-30,32-51H2,1-3H3,(H,57,60)/b12-9+,21-18+,28-25+,31-27+. The van der Waals surface area contributed by atoms with Crippen LogP contribution in [0.3, 0.4) is 0 Å². The maximum atomic E-state index is 13.2. The van der Waals surface area contributed by atoms with Crippen LogP contribution in [0, 0.1) is 0 Å². The van der Waals surface area contributed by atoms with Gasteiger partial charge in [0.1, 0.15) is 6.10 Å². The molecule has 0 saturated heterocycles. The van der Waals surface area contributed by atoms with Gasteiger partial charge in [-0.25, -0.2) is 0 Å². The monoisotopic (exact) mass is 870 g/mol. The fourth-order valence-electron chi connectivity index (χ4n) is 8.09. The number of ether oxygens (including phenoxy) is 1. The third-order valence-corrected chi connectivity index (χ3v) is 12.1. The van der Waals surface area contributed by atoms with Gasteiger partial charge >= 0.3 is 5.97 Å². The fourth-order valence-corrected chi connectivity index (χ4v) is 8.09. The van der Waals surface area contributed by atoms with E-state index >= 15 is 0 Å². The van der Waals surface area contributed by atoms with Gasteiger partial charge in [-0.05, 0) is 83.5 Å². The number of unbranched alkanes of at least 4 members (excludes halogenated alkanes) is 28. The van der Waals surface area contributed by atoms with E-state index in [0.717, 1.165) is 96.3 Å². The molecule has 0 aromatic rings. The third-order valence-electron chi connectivity index (χ3n) is 12.1. The van der Waals surface area contributed by atoms with Crippen molar-refractivity contribution in [2.45, 2.75) is 289 Å². The number of amides is 1. The molecular formula is C56H103NO5. The number of carbonyl (C=O) groups excluding carboxylic acids is 2. The van der Waals surface area contributed by atoms with Crippen molar-refractivity contribution >= 4 is 11.9 Å². The Labute approximate surface area is 385 Å². The SMILES string of the molecule is CC/C=C/C/C=C/C/C=C/CCCCCCC(=O)OC(CCCCCCC/C=C/CCCCCCCC)CC(=O)NC(CO)C(O)CCCCCCCCCCCCCCCC. The first kappa shape index (κ1) is 59.8. The summed E-state index contributed by atoms with van der Waals surface area (Å²) in [5, 5.41) is 23.8. The maximum absolute atomic E-state index is 13.2. The zero-order valence-corrected chi connectivity index (χ0v) is 41.3. The lowest BCUT2D eigenvalue weighted by atomic mass is 10.0. The van der Waals surface area contributed by atoms with Gasteiger partial charge in [0.15, 0.2) is 0 Å². The highest BCUT2D eigenvalue weighted by Crippen LogP contribution is 2.18. The first-order valence-corrected chi connectivity index (χ1v) is 26.9. The van der Waals surface area contributed by atoms with Crippen LogP contribution in [0.1, 0.15) is 271 Å². The molecule has 0 aromatic carbocycles. The Morgan fingerprint density at radius 1 is 0.484 bits per heavy atom. The minimum Gasteiger partial charge on any atom is -0.462 e. The lowest BCUT2D eigenvalue weighted by Gasteiger charge is -2.24. The number of allylic oxidation sites excluding steroid dienone is 8. The van der Waals surface area contributed by atoms with Crippen LogP contribution >= 0.6 is 0 Å². The van der Waals surface area contributed by atoms with Gasteiger partial charge in [-0.15, -0.1) is 0 Å². The molecule has 62 heavy (non-hydrogen) atoms. The maximum Gasteiger partial charge on any atom is 0.306 e. The first-order valence-electron chi connectivity index (χ1n) is 26.9. The van der Waals surface area contributed by atoms with Crippen molar-refractivity contribution in [2.24, 2.45) is 0 Å². The fraction of sp³-hybridized carbons (Fsp3) is 0.821. The highest BCUT2D eigenvalue weighted by atomic mass is 16.5. The van der Waals surface area contributed by atoms with E-state index in [1.165, 1.54) is 128 Å². The van der Waals surface area contributed by atoms with Crippen molar-refractivity contribution in [2.75, 3.05) is 6.61 Å². The molecule has 0 heterocycles. The third kappa shape index (κ3) is 44.4. The Morgan fingerprint density at radius 3 is 1.34 bits per heavy atom. The van der Waals surface area contributed by atoms with Crippen LogP contribution in [0.25, 0.3) is 0 Å². The molecule has 0 radical (unpaired) electrons. The van der Waals surface area contributed by atoms with Crippen molar-refractivity contribution in [3.8, 4) is 0 Å². The molecule has 362 valence electrons. The molecule has 3 N–H and O–H groups in total. The average Bonchev–Trinajstić information content (AvgIpc) is 3.26. The van der Waals surface area contributed by atoms with E-state index in [1.807, 2.05) is 0 Å². The van der Waals surface area contributed by atoms with Crippen LogP contribution in [-0.2, 0) is 14.3 Å². The lowest BCUT2D eigenvalue weighted by Crippen LogP contribution is -2.46. The summed E-state index contributed by atoms with van der Waals surface area (Å²) in [6.45, 7) is 6.37. The Bertz CT molecular complexity index is 1070. The minimum absolute atomic E-state index is 0.0637. The Balaban J connectivity index is 4.61. The van der Waals surface area contributed by atoms with Crippen molar-refractivity contribution in [1.82, 2.24) is 5.32 Å². The van der Waals surface area contributed by atoms with E-state index < -0.39 is 18.2 Å². The molecule has 6 heteroatoms. The minimum atomic E-state index is -0.794. The lowest BCUT2D eigenvalue weighted by molar-refractivity contribution is -0.151. The van der Waals surface area contributed by atoms with Crippen LogP contribution in [0.15, 0.2) is 48.6 Å². The molecule has 0 aliphatic carbocycles. The largest absolute Gasteiger partial charge is 0.462 e. The second kappa shape index (κ2) is 49.8. The van der Waals surface area contributed by atoms with Gasteiger partial charge in [0.05, 0.1) is 25.2 Å². The summed E-state index contributed by atoms with van der Waals surface area (Å²) in [7, 11) is 0. The van der Waals surface area contributed by atoms with E-state index in [1.54, 1.807) is 0 Å². The van der Waals surface area contributed by atoms with Gasteiger partial charge in [-0.1, -0.05) is 223 Å². The number of aliphatic hydroxyl groups excluding tert-OH is 2. The summed E-state index contributed by atoms with van der Waals surface area (Å²) in [5.74, 6) is -0.501. The van der Waals surface area contributed by atoms with Crippen LogP contribution in [0.4, 0.5) is 0 Å². The number of nitrogens with one attached hydrogen (secondary N) is 1. The van der Waals surface area contributed by atoms with Gasteiger partial charge in [0, 0.05) is 6.42 Å². The molecule has 3 atom stereocenters. The van der Waals surface area contributed by atoms with Gasteiger partial charge in [0.2, 0.25) is 5.91 Å². The summed E-state index contributed by atoms with van der Waals surface area (Å²) in [6, 6.07) is -0.708. The number of hydrogen-bond donors (Lipinski definition) is 3. The van der Waals surface area contributed by atoms with Gasteiger partial charge in [-0.2, -0.15) is 0 Å². The van der Waals surface area contributed by atoms with E-state index in [0.29, 0.717) is 19.3 Å². The van der Waals surface area contributed by atoms with E-state index in [4.69, 9.17) is 4.74 Å².